The molecule has 0 spiro atoms. The van der Waals surface area contributed by atoms with Gasteiger partial charge in [-0.25, -0.2) is 9.97 Å². The summed E-state index contributed by atoms with van der Waals surface area (Å²) >= 11 is 1.81. The summed E-state index contributed by atoms with van der Waals surface area (Å²) in [4.78, 5) is 11.8. The van der Waals surface area contributed by atoms with Crippen LogP contribution in [-0.2, 0) is 11.2 Å². The van der Waals surface area contributed by atoms with E-state index >= 15 is 0 Å². The van der Waals surface area contributed by atoms with Gasteiger partial charge < -0.3 is 10.1 Å². The maximum atomic E-state index is 5.09. The normalized spacial score (nSPS) is 18.0. The van der Waals surface area contributed by atoms with Crippen molar-refractivity contribution < 1.29 is 4.74 Å². The minimum atomic E-state index is 0.576. The van der Waals surface area contributed by atoms with Gasteiger partial charge >= 0.3 is 0 Å². The molecule has 0 aromatic carbocycles. The fraction of sp³-hybridized carbons (Fsp3) is 0.533. The number of aromatic nitrogens is 4. The molecule has 0 aliphatic heterocycles. The predicted molar refractivity (Wildman–Crippen MR) is 87.9 cm³/mol. The fourth-order valence-corrected chi connectivity index (χ4v) is 4.61. The summed E-state index contributed by atoms with van der Waals surface area (Å²) in [5.41, 5.74) is 2.36. The first-order valence-electron chi connectivity index (χ1n) is 7.67. The number of nitrogens with zero attached hydrogens (tertiary/aromatic N) is 4. The molecule has 0 radical (unpaired) electrons. The molecule has 3 aromatic heterocycles. The van der Waals surface area contributed by atoms with Crippen molar-refractivity contribution in [2.45, 2.75) is 32.1 Å². The first-order chi connectivity index (χ1) is 10.8. The monoisotopic (exact) mass is 317 g/mol. The summed E-state index contributed by atoms with van der Waals surface area (Å²) in [6.45, 7) is 3.64. The highest BCUT2D eigenvalue weighted by atomic mass is 32.1. The number of hydrogen-bond acceptors (Lipinski definition) is 6. The van der Waals surface area contributed by atoms with Gasteiger partial charge in [-0.2, -0.15) is 9.61 Å². The summed E-state index contributed by atoms with van der Waals surface area (Å²) in [7, 11) is 1.69. The summed E-state index contributed by atoms with van der Waals surface area (Å²) < 4.78 is 6.90. The maximum absolute atomic E-state index is 5.09. The molecule has 0 saturated heterocycles. The number of fused-ring (bicyclic) bond motifs is 5. The quantitative estimate of drug-likeness (QED) is 0.750. The molecule has 1 atom stereocenters. The third kappa shape index (κ3) is 2.07. The van der Waals surface area contributed by atoms with E-state index in [1.54, 1.807) is 13.4 Å². The summed E-state index contributed by atoms with van der Waals surface area (Å²) in [5.74, 6) is 1.32. The Morgan fingerprint density at radius 1 is 1.50 bits per heavy atom. The van der Waals surface area contributed by atoms with Gasteiger partial charge in [0, 0.05) is 18.5 Å². The number of hydrogen-bond donors (Lipinski definition) is 1. The summed E-state index contributed by atoms with van der Waals surface area (Å²) in [6, 6.07) is 0. The lowest BCUT2D eigenvalue weighted by Crippen LogP contribution is -2.13. The zero-order valence-electron chi connectivity index (χ0n) is 12.8. The van der Waals surface area contributed by atoms with Gasteiger partial charge in [0.1, 0.15) is 11.2 Å². The highest BCUT2D eigenvalue weighted by Crippen LogP contribution is 2.43. The number of nitrogens with one attached hydrogen (secondary N) is 1. The third-order valence-corrected chi connectivity index (χ3v) is 5.47. The number of ether oxygens (including phenoxy) is 1. The number of aryl methyl sites for hydroxylation is 1. The van der Waals surface area contributed by atoms with Crippen LogP contribution in [0.1, 0.15) is 36.1 Å². The second-order valence-corrected chi connectivity index (χ2v) is 6.85. The van der Waals surface area contributed by atoms with Gasteiger partial charge in [-0.3, -0.25) is 0 Å². The smallest absolute Gasteiger partial charge is 0.227 e. The molecule has 0 saturated carbocycles. The van der Waals surface area contributed by atoms with E-state index in [0.29, 0.717) is 19.1 Å². The number of thiophene rings is 1. The molecule has 22 heavy (non-hydrogen) atoms. The Morgan fingerprint density at radius 2 is 2.41 bits per heavy atom. The zero-order chi connectivity index (χ0) is 15.1. The molecular weight excluding hydrogens is 298 g/mol. The van der Waals surface area contributed by atoms with E-state index in [1.165, 1.54) is 28.7 Å². The largest absolute Gasteiger partial charge is 0.383 e. The average molecular weight is 317 g/mol. The van der Waals surface area contributed by atoms with Crippen LogP contribution in [0.4, 0.5) is 5.95 Å². The SMILES string of the molecule is COCCNc1nc2sc3c(c2c2ncnn12)[C@@H](C)CCC3. The van der Waals surface area contributed by atoms with Crippen LogP contribution in [0.25, 0.3) is 15.9 Å². The molecule has 0 unspecified atom stereocenters. The van der Waals surface area contributed by atoms with Gasteiger partial charge in [0.25, 0.3) is 0 Å². The van der Waals surface area contributed by atoms with Crippen LogP contribution in [-0.4, -0.2) is 39.8 Å². The van der Waals surface area contributed by atoms with Gasteiger partial charge in [0.15, 0.2) is 5.65 Å². The van der Waals surface area contributed by atoms with Crippen molar-refractivity contribution in [1.82, 2.24) is 19.6 Å². The first kappa shape index (κ1) is 13.9. The minimum Gasteiger partial charge on any atom is -0.383 e. The van der Waals surface area contributed by atoms with Gasteiger partial charge in [0.05, 0.1) is 12.0 Å². The van der Waals surface area contributed by atoms with Crippen LogP contribution in [0.15, 0.2) is 6.33 Å². The maximum Gasteiger partial charge on any atom is 0.227 e. The molecule has 3 aromatic rings. The highest BCUT2D eigenvalue weighted by Gasteiger charge is 2.25. The van der Waals surface area contributed by atoms with E-state index in [4.69, 9.17) is 9.72 Å². The Balaban J connectivity index is 1.91. The van der Waals surface area contributed by atoms with Crippen LogP contribution in [0.5, 0.6) is 0 Å². The molecule has 1 aliphatic carbocycles. The first-order valence-corrected chi connectivity index (χ1v) is 8.49. The Labute approximate surface area is 132 Å². The van der Waals surface area contributed by atoms with Crippen LogP contribution < -0.4 is 5.32 Å². The van der Waals surface area contributed by atoms with Crippen LogP contribution >= 0.6 is 11.3 Å². The number of anilines is 1. The lowest BCUT2D eigenvalue weighted by Gasteiger charge is -2.18. The van der Waals surface area contributed by atoms with Crippen molar-refractivity contribution in [3.63, 3.8) is 0 Å². The zero-order valence-corrected chi connectivity index (χ0v) is 13.6. The molecule has 4 rings (SSSR count). The van der Waals surface area contributed by atoms with Crippen LogP contribution in [0.2, 0.25) is 0 Å². The van der Waals surface area contributed by atoms with Gasteiger partial charge in [-0.05, 0) is 30.7 Å². The molecule has 1 N–H and O–H groups in total. The van der Waals surface area contributed by atoms with Gasteiger partial charge in [-0.15, -0.1) is 11.3 Å². The van der Waals surface area contributed by atoms with Crippen molar-refractivity contribution in [2.24, 2.45) is 0 Å². The second-order valence-electron chi connectivity index (χ2n) is 5.76. The molecule has 1 aliphatic rings. The van der Waals surface area contributed by atoms with E-state index < -0.39 is 0 Å². The van der Waals surface area contributed by atoms with Gasteiger partial charge in [0.2, 0.25) is 5.95 Å². The van der Waals surface area contributed by atoms with E-state index in [9.17, 15) is 0 Å². The second kappa shape index (κ2) is 5.48. The van der Waals surface area contributed by atoms with Crippen LogP contribution in [0.3, 0.4) is 0 Å². The molecule has 116 valence electrons. The summed E-state index contributed by atoms with van der Waals surface area (Å²) in [6.07, 6.45) is 5.28. The van der Waals surface area contributed by atoms with E-state index in [1.807, 2.05) is 15.9 Å². The third-order valence-electron chi connectivity index (χ3n) is 4.31. The molecule has 7 heteroatoms. The molecule has 0 fully saturated rings. The Morgan fingerprint density at radius 3 is 3.27 bits per heavy atom. The molecular formula is C15H19N5OS. The van der Waals surface area contributed by atoms with Crippen molar-refractivity contribution in [3.05, 3.63) is 16.8 Å². The molecule has 0 bridgehead atoms. The van der Waals surface area contributed by atoms with Gasteiger partial charge in [-0.1, -0.05) is 6.92 Å². The average Bonchev–Trinajstić information content (AvgIpc) is 3.11. The molecule has 6 nitrogen and oxygen atoms in total. The lowest BCUT2D eigenvalue weighted by atomic mass is 9.87. The standard InChI is InChI=1S/C15H19N5OS/c1-9-4-3-5-10-11(9)12-13-17-8-18-20(13)15(16-6-7-21-2)19-14(12)22-10/h8-9H,3-7H2,1-2H3,(H,16,19)/t9-/m0/s1. The topological polar surface area (TPSA) is 64.3 Å². The summed E-state index contributed by atoms with van der Waals surface area (Å²) in [5, 5.41) is 8.83. The van der Waals surface area contributed by atoms with E-state index in [-0.39, 0.29) is 0 Å². The molecule has 0 amide bonds. The van der Waals surface area contributed by atoms with Crippen molar-refractivity contribution in [1.29, 1.82) is 0 Å². The van der Waals surface area contributed by atoms with Crippen molar-refractivity contribution >= 4 is 33.1 Å². The van der Waals surface area contributed by atoms with Crippen molar-refractivity contribution in [2.75, 3.05) is 25.6 Å². The molecule has 3 heterocycles. The predicted octanol–water partition coefficient (Wildman–Crippen LogP) is 2.84. The minimum absolute atomic E-state index is 0.576. The van der Waals surface area contributed by atoms with Crippen molar-refractivity contribution in [3.8, 4) is 0 Å². The Kier molecular flexibility index (Phi) is 3.46. The fourth-order valence-electron chi connectivity index (χ4n) is 3.28. The Hall–Kier alpha value is -1.73. The van der Waals surface area contributed by atoms with Crippen LogP contribution in [0, 0.1) is 0 Å². The van der Waals surface area contributed by atoms with E-state index in [0.717, 1.165) is 22.8 Å². The Bertz CT molecular complexity index is 824. The number of methoxy groups -OCH3 is 1. The number of rotatable bonds is 4. The lowest BCUT2D eigenvalue weighted by molar-refractivity contribution is 0.210. The highest BCUT2D eigenvalue weighted by molar-refractivity contribution is 7.19. The van der Waals surface area contributed by atoms with E-state index in [2.05, 4.69) is 22.3 Å².